The van der Waals surface area contributed by atoms with E-state index in [1.165, 1.54) is 6.07 Å². The number of hydrogen-bond donors (Lipinski definition) is 0. The van der Waals surface area contributed by atoms with Crippen molar-refractivity contribution in [2.45, 2.75) is 6.18 Å². The second kappa shape index (κ2) is 4.52. The monoisotopic (exact) mass is 315 g/mol. The molecule has 0 atom stereocenters. The standard InChI is InChI=1S/C16H8F3N3O/c17-16(18,19)10-6-7-11-12(8-10)14-20-13(21-22(14)15(11)23)9-4-2-1-3-5-9/h1-8H. The summed E-state index contributed by atoms with van der Waals surface area (Å²) in [7, 11) is 0. The van der Waals surface area contributed by atoms with Crippen LogP contribution >= 0.6 is 0 Å². The zero-order chi connectivity index (χ0) is 16.2. The number of halogens is 3. The van der Waals surface area contributed by atoms with Gasteiger partial charge in [-0.05, 0) is 18.2 Å². The molecular weight excluding hydrogens is 307 g/mol. The van der Waals surface area contributed by atoms with E-state index in [4.69, 9.17) is 0 Å². The fraction of sp³-hybridized carbons (Fsp3) is 0.0625. The van der Waals surface area contributed by atoms with Gasteiger partial charge in [-0.2, -0.15) is 17.9 Å². The van der Waals surface area contributed by atoms with Crippen molar-refractivity contribution in [1.82, 2.24) is 14.8 Å². The third kappa shape index (κ3) is 2.04. The molecule has 1 aliphatic rings. The van der Waals surface area contributed by atoms with Crippen LogP contribution in [0.2, 0.25) is 0 Å². The van der Waals surface area contributed by atoms with Crippen LogP contribution in [0.4, 0.5) is 13.2 Å². The number of carbonyl (C=O) groups is 1. The Labute approximate surface area is 128 Å². The van der Waals surface area contributed by atoms with E-state index < -0.39 is 17.6 Å². The second-order valence-electron chi connectivity index (χ2n) is 5.10. The first-order valence-corrected chi connectivity index (χ1v) is 6.74. The van der Waals surface area contributed by atoms with E-state index in [0.29, 0.717) is 11.4 Å². The van der Waals surface area contributed by atoms with Crippen LogP contribution < -0.4 is 0 Å². The second-order valence-corrected chi connectivity index (χ2v) is 5.10. The van der Waals surface area contributed by atoms with Crippen molar-refractivity contribution in [3.05, 3.63) is 59.7 Å². The van der Waals surface area contributed by atoms with Crippen molar-refractivity contribution in [2.24, 2.45) is 0 Å². The van der Waals surface area contributed by atoms with Gasteiger partial charge in [0.15, 0.2) is 11.6 Å². The van der Waals surface area contributed by atoms with E-state index in [9.17, 15) is 18.0 Å². The normalized spacial score (nSPS) is 13.1. The lowest BCUT2D eigenvalue weighted by Gasteiger charge is -2.07. The van der Waals surface area contributed by atoms with Crippen molar-refractivity contribution >= 4 is 5.91 Å². The summed E-state index contributed by atoms with van der Waals surface area (Å²) in [6, 6.07) is 11.9. The number of aromatic nitrogens is 3. The Morgan fingerprint density at radius 3 is 2.39 bits per heavy atom. The van der Waals surface area contributed by atoms with Gasteiger partial charge in [0, 0.05) is 11.1 Å². The molecule has 0 aliphatic carbocycles. The van der Waals surface area contributed by atoms with Gasteiger partial charge in [0.25, 0.3) is 5.91 Å². The first-order valence-electron chi connectivity index (χ1n) is 6.74. The predicted molar refractivity (Wildman–Crippen MR) is 75.6 cm³/mol. The van der Waals surface area contributed by atoms with Crippen LogP contribution in [0.5, 0.6) is 0 Å². The zero-order valence-corrected chi connectivity index (χ0v) is 11.5. The van der Waals surface area contributed by atoms with Crippen molar-refractivity contribution in [3.8, 4) is 22.8 Å². The number of hydrogen-bond acceptors (Lipinski definition) is 3. The molecule has 0 fully saturated rings. The molecule has 0 amide bonds. The lowest BCUT2D eigenvalue weighted by atomic mass is 10.0. The van der Waals surface area contributed by atoms with Crippen LogP contribution in [-0.4, -0.2) is 20.7 Å². The number of carbonyl (C=O) groups excluding carboxylic acids is 1. The van der Waals surface area contributed by atoms with E-state index in [1.807, 2.05) is 6.07 Å². The zero-order valence-electron chi connectivity index (χ0n) is 11.5. The summed E-state index contributed by atoms with van der Waals surface area (Å²) in [6.45, 7) is 0. The molecule has 1 aliphatic heterocycles. The fourth-order valence-corrected chi connectivity index (χ4v) is 2.54. The third-order valence-electron chi connectivity index (χ3n) is 3.65. The molecule has 3 aromatic rings. The number of rotatable bonds is 1. The SMILES string of the molecule is O=C1c2ccc(C(F)(F)F)cc2-c2nc(-c3ccccc3)nn21. The predicted octanol–water partition coefficient (Wildman–Crippen LogP) is 3.63. The molecule has 2 aromatic carbocycles. The Morgan fingerprint density at radius 2 is 1.70 bits per heavy atom. The summed E-state index contributed by atoms with van der Waals surface area (Å²) in [4.78, 5) is 16.5. The van der Waals surface area contributed by atoms with Crippen LogP contribution in [-0.2, 0) is 6.18 Å². The molecule has 0 radical (unpaired) electrons. The molecule has 7 heteroatoms. The first-order chi connectivity index (χ1) is 10.9. The molecule has 4 nitrogen and oxygen atoms in total. The molecule has 0 spiro atoms. The summed E-state index contributed by atoms with van der Waals surface area (Å²) in [5, 5.41) is 4.12. The van der Waals surface area contributed by atoms with E-state index in [1.54, 1.807) is 24.3 Å². The van der Waals surface area contributed by atoms with Crippen molar-refractivity contribution in [2.75, 3.05) is 0 Å². The lowest BCUT2D eigenvalue weighted by molar-refractivity contribution is -0.137. The molecule has 0 saturated carbocycles. The molecule has 0 saturated heterocycles. The molecular formula is C16H8F3N3O. The molecule has 0 unspecified atom stereocenters. The van der Waals surface area contributed by atoms with Crippen molar-refractivity contribution in [3.63, 3.8) is 0 Å². The van der Waals surface area contributed by atoms with Crippen LogP contribution in [0.1, 0.15) is 15.9 Å². The fourth-order valence-electron chi connectivity index (χ4n) is 2.54. The number of alkyl halides is 3. The lowest BCUT2D eigenvalue weighted by Crippen LogP contribution is -2.09. The average molecular weight is 315 g/mol. The molecule has 0 bridgehead atoms. The van der Waals surface area contributed by atoms with Gasteiger partial charge in [-0.15, -0.1) is 5.10 Å². The van der Waals surface area contributed by atoms with Gasteiger partial charge in [0.1, 0.15) is 0 Å². The molecule has 23 heavy (non-hydrogen) atoms. The van der Waals surface area contributed by atoms with Gasteiger partial charge in [-0.25, -0.2) is 4.98 Å². The van der Waals surface area contributed by atoms with Gasteiger partial charge in [-0.3, -0.25) is 4.79 Å². The number of nitrogens with zero attached hydrogens (tertiary/aromatic N) is 3. The minimum Gasteiger partial charge on any atom is -0.267 e. The van der Waals surface area contributed by atoms with Gasteiger partial charge in [0.05, 0.1) is 11.1 Å². The highest BCUT2D eigenvalue weighted by Gasteiger charge is 2.36. The molecule has 0 N–H and O–H groups in total. The van der Waals surface area contributed by atoms with Crippen LogP contribution in [0.3, 0.4) is 0 Å². The Hall–Kier alpha value is -2.96. The summed E-state index contributed by atoms with van der Waals surface area (Å²) < 4.78 is 39.7. The van der Waals surface area contributed by atoms with Crippen molar-refractivity contribution < 1.29 is 18.0 Å². The van der Waals surface area contributed by atoms with Crippen LogP contribution in [0.25, 0.3) is 22.8 Å². The largest absolute Gasteiger partial charge is 0.416 e. The van der Waals surface area contributed by atoms with E-state index in [2.05, 4.69) is 10.1 Å². The summed E-state index contributed by atoms with van der Waals surface area (Å²) in [5.41, 5.74) is 0.199. The van der Waals surface area contributed by atoms with Gasteiger partial charge in [-0.1, -0.05) is 30.3 Å². The average Bonchev–Trinajstić information content (AvgIpc) is 3.07. The maximum absolute atomic E-state index is 12.9. The Morgan fingerprint density at radius 1 is 0.957 bits per heavy atom. The van der Waals surface area contributed by atoms with E-state index >= 15 is 0 Å². The van der Waals surface area contributed by atoms with E-state index in [0.717, 1.165) is 16.8 Å². The van der Waals surface area contributed by atoms with Gasteiger partial charge < -0.3 is 0 Å². The van der Waals surface area contributed by atoms with E-state index in [-0.39, 0.29) is 17.0 Å². The maximum Gasteiger partial charge on any atom is 0.416 e. The molecule has 1 aromatic heterocycles. The minimum atomic E-state index is -4.48. The highest BCUT2D eigenvalue weighted by atomic mass is 19.4. The smallest absolute Gasteiger partial charge is 0.267 e. The number of benzene rings is 2. The highest BCUT2D eigenvalue weighted by molar-refractivity contribution is 6.07. The molecule has 114 valence electrons. The van der Waals surface area contributed by atoms with Crippen LogP contribution in [0, 0.1) is 0 Å². The van der Waals surface area contributed by atoms with Gasteiger partial charge >= 0.3 is 6.18 Å². The number of fused-ring (bicyclic) bond motifs is 3. The summed E-state index contributed by atoms with van der Waals surface area (Å²) >= 11 is 0. The highest BCUT2D eigenvalue weighted by Crippen LogP contribution is 2.37. The Bertz CT molecular complexity index is 929. The third-order valence-corrected chi connectivity index (χ3v) is 3.65. The first kappa shape index (κ1) is 13.7. The Kier molecular flexibility index (Phi) is 2.69. The topological polar surface area (TPSA) is 47.8 Å². The Balaban J connectivity index is 1.88. The maximum atomic E-state index is 12.9. The minimum absolute atomic E-state index is 0.134. The summed E-state index contributed by atoms with van der Waals surface area (Å²) in [6.07, 6.45) is -4.48. The van der Waals surface area contributed by atoms with Gasteiger partial charge in [0.2, 0.25) is 0 Å². The molecule has 4 rings (SSSR count). The van der Waals surface area contributed by atoms with Crippen LogP contribution in [0.15, 0.2) is 48.5 Å². The molecule has 2 heterocycles. The quantitative estimate of drug-likeness (QED) is 0.539. The summed E-state index contributed by atoms with van der Waals surface area (Å²) in [5.74, 6) is -0.0367. The van der Waals surface area contributed by atoms with Crippen molar-refractivity contribution in [1.29, 1.82) is 0 Å².